The molecule has 0 aromatic heterocycles. The lowest BCUT2D eigenvalue weighted by atomic mass is 9.84. The lowest BCUT2D eigenvalue weighted by molar-refractivity contribution is -0.137. The van der Waals surface area contributed by atoms with Crippen molar-refractivity contribution in [2.75, 3.05) is 7.05 Å². The third kappa shape index (κ3) is 2.55. The zero-order valence-electron chi connectivity index (χ0n) is 12.1. The summed E-state index contributed by atoms with van der Waals surface area (Å²) in [6, 6.07) is 3.68. The number of amides is 1. The second-order valence-corrected chi connectivity index (χ2v) is 6.38. The summed E-state index contributed by atoms with van der Waals surface area (Å²) in [5, 5.41) is 0. The molecule has 2 aliphatic rings. The van der Waals surface area contributed by atoms with E-state index >= 15 is 0 Å². The number of carbonyl (C=O) groups is 1. The fraction of sp³-hybridized carbons (Fsp3) is 0.562. The fourth-order valence-corrected chi connectivity index (χ4v) is 3.95. The lowest BCUT2D eigenvalue weighted by Gasteiger charge is -2.30. The van der Waals surface area contributed by atoms with Crippen LogP contribution in [0.25, 0.3) is 0 Å². The summed E-state index contributed by atoms with van der Waals surface area (Å²) in [4.78, 5) is 14.2. The molecule has 0 heterocycles. The Kier molecular flexibility index (Phi) is 3.69. The van der Waals surface area contributed by atoms with Gasteiger partial charge in [0.05, 0.1) is 5.92 Å². The molecule has 5 heteroatoms. The van der Waals surface area contributed by atoms with Gasteiger partial charge < -0.3 is 10.6 Å². The van der Waals surface area contributed by atoms with Crippen LogP contribution in [-0.2, 0) is 11.3 Å². The molecule has 2 N–H and O–H groups in total. The minimum absolute atomic E-state index is 0.0273. The Bertz CT molecular complexity index is 561. The van der Waals surface area contributed by atoms with Crippen LogP contribution in [0.2, 0.25) is 0 Å². The summed E-state index contributed by atoms with van der Waals surface area (Å²) >= 11 is 0. The zero-order chi connectivity index (χ0) is 15.1. The second kappa shape index (κ2) is 5.37. The first-order chi connectivity index (χ1) is 9.97. The number of rotatable bonds is 3. The Morgan fingerprint density at radius 3 is 2.62 bits per heavy atom. The lowest BCUT2D eigenvalue weighted by Crippen LogP contribution is -2.45. The molecule has 3 rings (SSSR count). The molecule has 1 aromatic carbocycles. The number of hydrogen-bond donors (Lipinski definition) is 1. The number of nitrogens with zero attached hydrogens (tertiary/aromatic N) is 1. The minimum Gasteiger partial charge on any atom is -0.341 e. The Morgan fingerprint density at radius 1 is 1.29 bits per heavy atom. The van der Waals surface area contributed by atoms with Crippen molar-refractivity contribution in [3.05, 3.63) is 35.4 Å². The van der Waals surface area contributed by atoms with E-state index in [4.69, 9.17) is 5.73 Å². The van der Waals surface area contributed by atoms with E-state index in [9.17, 15) is 13.6 Å². The van der Waals surface area contributed by atoms with E-state index in [2.05, 4.69) is 0 Å². The Labute approximate surface area is 123 Å². The van der Waals surface area contributed by atoms with E-state index in [0.717, 1.165) is 31.4 Å². The van der Waals surface area contributed by atoms with Gasteiger partial charge in [-0.15, -0.1) is 0 Å². The summed E-state index contributed by atoms with van der Waals surface area (Å²) in [5.74, 6) is -0.975. The molecular weight excluding hydrogens is 274 g/mol. The van der Waals surface area contributed by atoms with Crippen molar-refractivity contribution in [3.8, 4) is 0 Å². The van der Waals surface area contributed by atoms with Crippen molar-refractivity contribution in [1.29, 1.82) is 0 Å². The van der Waals surface area contributed by atoms with Gasteiger partial charge in [0.1, 0.15) is 0 Å². The van der Waals surface area contributed by atoms with Gasteiger partial charge in [0.15, 0.2) is 11.6 Å². The molecular formula is C16H20F2N2O. The van der Waals surface area contributed by atoms with Gasteiger partial charge in [-0.25, -0.2) is 8.78 Å². The average molecular weight is 294 g/mol. The first kappa shape index (κ1) is 14.4. The molecule has 4 atom stereocenters. The number of halogens is 2. The molecule has 0 spiro atoms. The van der Waals surface area contributed by atoms with Crippen LogP contribution in [-0.4, -0.2) is 23.9 Å². The van der Waals surface area contributed by atoms with Crippen molar-refractivity contribution in [1.82, 2.24) is 4.90 Å². The molecule has 1 amide bonds. The topological polar surface area (TPSA) is 46.3 Å². The van der Waals surface area contributed by atoms with Crippen LogP contribution in [0.4, 0.5) is 8.78 Å². The predicted octanol–water partition coefficient (Wildman–Crippen LogP) is 2.30. The molecule has 0 saturated heterocycles. The van der Waals surface area contributed by atoms with Crippen LogP contribution in [0, 0.1) is 29.4 Å². The van der Waals surface area contributed by atoms with E-state index in [1.807, 2.05) is 0 Å². The zero-order valence-corrected chi connectivity index (χ0v) is 12.1. The maximum absolute atomic E-state index is 13.2. The van der Waals surface area contributed by atoms with Crippen LogP contribution < -0.4 is 5.73 Å². The van der Waals surface area contributed by atoms with E-state index < -0.39 is 11.6 Å². The third-order valence-corrected chi connectivity index (χ3v) is 5.05. The summed E-state index contributed by atoms with van der Waals surface area (Å²) < 4.78 is 26.1. The van der Waals surface area contributed by atoms with E-state index in [0.29, 0.717) is 17.4 Å². The molecule has 2 fully saturated rings. The van der Waals surface area contributed by atoms with Crippen molar-refractivity contribution < 1.29 is 13.6 Å². The number of fused-ring (bicyclic) bond motifs is 2. The van der Waals surface area contributed by atoms with E-state index in [1.165, 1.54) is 6.07 Å². The SMILES string of the molecule is CN(Cc1ccc(F)c(F)c1)C(=O)C1C2CCC(C2)C1N. The quantitative estimate of drug-likeness (QED) is 0.930. The van der Waals surface area contributed by atoms with Gasteiger partial charge in [0.25, 0.3) is 0 Å². The Balaban J connectivity index is 1.69. The van der Waals surface area contributed by atoms with Gasteiger partial charge in [0.2, 0.25) is 5.91 Å². The molecule has 114 valence electrons. The van der Waals surface area contributed by atoms with Gasteiger partial charge in [-0.3, -0.25) is 4.79 Å². The van der Waals surface area contributed by atoms with Crippen LogP contribution in [0.5, 0.6) is 0 Å². The van der Waals surface area contributed by atoms with Gasteiger partial charge in [-0.05, 0) is 48.8 Å². The number of carbonyl (C=O) groups excluding carboxylic acids is 1. The van der Waals surface area contributed by atoms with Gasteiger partial charge >= 0.3 is 0 Å². The summed E-state index contributed by atoms with van der Waals surface area (Å²) in [6.45, 7) is 0.274. The van der Waals surface area contributed by atoms with Crippen molar-refractivity contribution >= 4 is 5.91 Å². The first-order valence-electron chi connectivity index (χ1n) is 7.42. The highest BCUT2D eigenvalue weighted by Gasteiger charge is 2.49. The highest BCUT2D eigenvalue weighted by molar-refractivity contribution is 5.80. The van der Waals surface area contributed by atoms with Crippen LogP contribution in [0.15, 0.2) is 18.2 Å². The highest BCUT2D eigenvalue weighted by atomic mass is 19.2. The minimum atomic E-state index is -0.884. The Hall–Kier alpha value is -1.49. The van der Waals surface area contributed by atoms with Gasteiger partial charge in [-0.2, -0.15) is 0 Å². The molecule has 21 heavy (non-hydrogen) atoms. The predicted molar refractivity (Wildman–Crippen MR) is 75.1 cm³/mol. The summed E-state index contributed by atoms with van der Waals surface area (Å²) in [7, 11) is 1.70. The maximum atomic E-state index is 13.2. The standard InChI is InChI=1S/C16H20F2N2O/c1-20(8-9-2-5-12(17)13(18)6-9)16(21)14-10-3-4-11(7-10)15(14)19/h2,5-6,10-11,14-15H,3-4,7-8,19H2,1H3. The summed E-state index contributed by atoms with van der Waals surface area (Å²) in [5.41, 5.74) is 6.77. The number of benzene rings is 1. The molecule has 2 saturated carbocycles. The van der Waals surface area contributed by atoms with Crippen LogP contribution >= 0.6 is 0 Å². The first-order valence-corrected chi connectivity index (χ1v) is 7.42. The monoisotopic (exact) mass is 294 g/mol. The van der Waals surface area contributed by atoms with E-state index in [-0.39, 0.29) is 24.4 Å². The third-order valence-electron chi connectivity index (χ3n) is 5.05. The molecule has 2 bridgehead atoms. The Morgan fingerprint density at radius 2 is 2.00 bits per heavy atom. The van der Waals surface area contributed by atoms with Crippen molar-refractivity contribution in [3.63, 3.8) is 0 Å². The van der Waals surface area contributed by atoms with Crippen molar-refractivity contribution in [2.24, 2.45) is 23.5 Å². The second-order valence-electron chi connectivity index (χ2n) is 6.38. The van der Waals surface area contributed by atoms with Crippen LogP contribution in [0.3, 0.4) is 0 Å². The molecule has 0 aliphatic heterocycles. The molecule has 4 unspecified atom stereocenters. The van der Waals surface area contributed by atoms with Crippen LogP contribution in [0.1, 0.15) is 24.8 Å². The molecule has 1 aromatic rings. The number of hydrogen-bond acceptors (Lipinski definition) is 2. The number of nitrogens with two attached hydrogens (primary N) is 1. The molecule has 2 aliphatic carbocycles. The fourth-order valence-electron chi connectivity index (χ4n) is 3.95. The average Bonchev–Trinajstić information content (AvgIpc) is 3.03. The largest absolute Gasteiger partial charge is 0.341 e. The van der Waals surface area contributed by atoms with Gasteiger partial charge in [-0.1, -0.05) is 6.07 Å². The van der Waals surface area contributed by atoms with Crippen molar-refractivity contribution in [2.45, 2.75) is 31.8 Å². The van der Waals surface area contributed by atoms with Gasteiger partial charge in [0, 0.05) is 19.6 Å². The maximum Gasteiger partial charge on any atom is 0.227 e. The normalized spacial score (nSPS) is 30.7. The molecule has 0 radical (unpaired) electrons. The highest BCUT2D eigenvalue weighted by Crippen LogP contribution is 2.48. The smallest absolute Gasteiger partial charge is 0.227 e. The van der Waals surface area contributed by atoms with E-state index in [1.54, 1.807) is 11.9 Å². The summed E-state index contributed by atoms with van der Waals surface area (Å²) in [6.07, 6.45) is 3.26. The molecule has 3 nitrogen and oxygen atoms in total.